The van der Waals surface area contributed by atoms with E-state index in [4.69, 9.17) is 5.73 Å². The summed E-state index contributed by atoms with van der Waals surface area (Å²) in [7, 11) is 0. The molecule has 3 nitrogen and oxygen atoms in total. The van der Waals surface area contributed by atoms with Crippen molar-refractivity contribution in [2.75, 3.05) is 13.1 Å². The lowest BCUT2D eigenvalue weighted by molar-refractivity contribution is -0.132. The van der Waals surface area contributed by atoms with E-state index in [-0.39, 0.29) is 11.5 Å². The lowest BCUT2D eigenvalue weighted by Crippen LogP contribution is -2.42. The number of carbonyl (C=O) groups is 1. The molecule has 1 aromatic rings. The van der Waals surface area contributed by atoms with Crippen LogP contribution in [0.15, 0.2) is 24.3 Å². The molecule has 2 rings (SSSR count). The van der Waals surface area contributed by atoms with Crippen molar-refractivity contribution in [2.24, 2.45) is 5.73 Å². The summed E-state index contributed by atoms with van der Waals surface area (Å²) in [5.41, 5.74) is 8.84. The fourth-order valence-electron chi connectivity index (χ4n) is 3.08. The zero-order valence-electron chi connectivity index (χ0n) is 15.0. The first-order valence-corrected chi connectivity index (χ1v) is 8.99. The first kappa shape index (κ1) is 18.0. The number of likely N-dealkylation sites (tertiary alicyclic amines) is 1. The van der Waals surface area contributed by atoms with Crippen LogP contribution in [0.4, 0.5) is 0 Å². The third-order valence-corrected chi connectivity index (χ3v) is 4.82. The van der Waals surface area contributed by atoms with Gasteiger partial charge >= 0.3 is 0 Å². The molecule has 1 heterocycles. The van der Waals surface area contributed by atoms with E-state index in [9.17, 15) is 4.79 Å². The summed E-state index contributed by atoms with van der Waals surface area (Å²) in [5.74, 6) is 0.306. The topological polar surface area (TPSA) is 46.3 Å². The molecule has 1 aromatic carbocycles. The predicted molar refractivity (Wildman–Crippen MR) is 96.5 cm³/mol. The van der Waals surface area contributed by atoms with Crippen molar-refractivity contribution in [3.8, 4) is 0 Å². The van der Waals surface area contributed by atoms with Gasteiger partial charge in [-0.15, -0.1) is 0 Å². The van der Waals surface area contributed by atoms with Gasteiger partial charge in [-0.2, -0.15) is 0 Å². The molecule has 2 N–H and O–H groups in total. The van der Waals surface area contributed by atoms with Gasteiger partial charge in [0.25, 0.3) is 0 Å². The highest BCUT2D eigenvalue weighted by Gasteiger charge is 2.19. The van der Waals surface area contributed by atoms with E-state index in [1.54, 1.807) is 0 Å². The largest absolute Gasteiger partial charge is 0.343 e. The maximum Gasteiger partial charge on any atom is 0.222 e. The molecule has 0 aliphatic carbocycles. The SMILES string of the molecule is CC(C)(C)c1ccc(CCCCC(=O)N2CCC(N)CC2)cc1. The molecule has 128 valence electrons. The van der Waals surface area contributed by atoms with Crippen LogP contribution in [0.3, 0.4) is 0 Å². The minimum absolute atomic E-state index is 0.210. The Kier molecular flexibility index (Phi) is 6.23. The van der Waals surface area contributed by atoms with E-state index in [2.05, 4.69) is 45.0 Å². The van der Waals surface area contributed by atoms with Crippen molar-refractivity contribution in [3.05, 3.63) is 35.4 Å². The summed E-state index contributed by atoms with van der Waals surface area (Å²) < 4.78 is 0. The first-order chi connectivity index (χ1) is 10.9. The van der Waals surface area contributed by atoms with E-state index >= 15 is 0 Å². The molecule has 0 saturated carbocycles. The Bertz CT molecular complexity index is 493. The second-order valence-electron chi connectivity index (χ2n) is 7.87. The smallest absolute Gasteiger partial charge is 0.222 e. The molecular weight excluding hydrogens is 284 g/mol. The lowest BCUT2D eigenvalue weighted by atomic mass is 9.86. The zero-order valence-corrected chi connectivity index (χ0v) is 15.0. The normalized spacial score (nSPS) is 16.6. The Hall–Kier alpha value is -1.35. The molecule has 1 aliphatic heterocycles. The van der Waals surface area contributed by atoms with Crippen LogP contribution in [-0.2, 0) is 16.6 Å². The Balaban J connectivity index is 1.68. The van der Waals surface area contributed by atoms with Crippen LogP contribution < -0.4 is 5.73 Å². The molecule has 1 fully saturated rings. The van der Waals surface area contributed by atoms with Crippen LogP contribution in [0.5, 0.6) is 0 Å². The number of nitrogens with zero attached hydrogens (tertiary/aromatic N) is 1. The van der Waals surface area contributed by atoms with E-state index in [0.717, 1.165) is 45.2 Å². The predicted octanol–water partition coefficient (Wildman–Crippen LogP) is 3.65. The molecule has 0 aromatic heterocycles. The van der Waals surface area contributed by atoms with Crippen molar-refractivity contribution >= 4 is 5.91 Å². The van der Waals surface area contributed by atoms with Gasteiger partial charge in [-0.05, 0) is 48.6 Å². The van der Waals surface area contributed by atoms with Crippen molar-refractivity contribution in [1.29, 1.82) is 0 Å². The number of piperidine rings is 1. The number of unbranched alkanes of at least 4 members (excludes halogenated alkanes) is 1. The van der Waals surface area contributed by atoms with Gasteiger partial charge in [-0.1, -0.05) is 45.0 Å². The Labute approximate surface area is 141 Å². The molecule has 1 aliphatic rings. The Morgan fingerprint density at radius 1 is 1.13 bits per heavy atom. The van der Waals surface area contributed by atoms with Crippen LogP contribution in [0.25, 0.3) is 0 Å². The fraction of sp³-hybridized carbons (Fsp3) is 0.650. The third kappa shape index (κ3) is 5.65. The number of amides is 1. The molecule has 0 bridgehead atoms. The summed E-state index contributed by atoms with van der Waals surface area (Å²) in [5, 5.41) is 0. The van der Waals surface area contributed by atoms with E-state index < -0.39 is 0 Å². The molecule has 0 radical (unpaired) electrons. The average Bonchev–Trinajstić information content (AvgIpc) is 2.51. The Morgan fingerprint density at radius 2 is 1.74 bits per heavy atom. The van der Waals surface area contributed by atoms with Gasteiger partial charge in [-0.3, -0.25) is 4.79 Å². The third-order valence-electron chi connectivity index (χ3n) is 4.82. The summed E-state index contributed by atoms with van der Waals surface area (Å²) in [6, 6.07) is 9.22. The van der Waals surface area contributed by atoms with Crippen LogP contribution in [0, 0.1) is 0 Å². The highest BCUT2D eigenvalue weighted by Crippen LogP contribution is 2.22. The molecular formula is C20H32N2O. The van der Waals surface area contributed by atoms with Gasteiger partial charge in [0, 0.05) is 25.6 Å². The van der Waals surface area contributed by atoms with Gasteiger partial charge in [0.05, 0.1) is 0 Å². The molecule has 23 heavy (non-hydrogen) atoms. The summed E-state index contributed by atoms with van der Waals surface area (Å²) >= 11 is 0. The Morgan fingerprint density at radius 3 is 2.30 bits per heavy atom. The van der Waals surface area contributed by atoms with Gasteiger partial charge in [0.2, 0.25) is 5.91 Å². The number of hydrogen-bond acceptors (Lipinski definition) is 2. The number of nitrogens with two attached hydrogens (primary N) is 1. The molecule has 1 saturated heterocycles. The maximum atomic E-state index is 12.2. The number of aryl methyl sites for hydroxylation is 1. The molecule has 1 amide bonds. The number of hydrogen-bond donors (Lipinski definition) is 1. The van der Waals surface area contributed by atoms with Crippen LogP contribution in [0.1, 0.15) is 64.0 Å². The maximum absolute atomic E-state index is 12.2. The first-order valence-electron chi connectivity index (χ1n) is 8.99. The second-order valence-corrected chi connectivity index (χ2v) is 7.87. The van der Waals surface area contributed by atoms with E-state index in [1.165, 1.54) is 11.1 Å². The number of benzene rings is 1. The van der Waals surface area contributed by atoms with Crippen LogP contribution in [0.2, 0.25) is 0 Å². The van der Waals surface area contributed by atoms with Crippen LogP contribution >= 0.6 is 0 Å². The standard InChI is InChI=1S/C20H32N2O/c1-20(2,3)17-10-8-16(9-11-17)6-4-5-7-19(23)22-14-12-18(21)13-15-22/h8-11,18H,4-7,12-15,21H2,1-3H3. The quantitative estimate of drug-likeness (QED) is 0.843. The minimum atomic E-state index is 0.210. The van der Waals surface area contributed by atoms with Crippen molar-refractivity contribution in [3.63, 3.8) is 0 Å². The van der Waals surface area contributed by atoms with E-state index in [0.29, 0.717) is 12.3 Å². The van der Waals surface area contributed by atoms with Gasteiger partial charge in [0.15, 0.2) is 0 Å². The summed E-state index contributed by atoms with van der Waals surface area (Å²) in [4.78, 5) is 14.1. The monoisotopic (exact) mass is 316 g/mol. The average molecular weight is 316 g/mol. The lowest BCUT2D eigenvalue weighted by Gasteiger charge is -2.30. The molecule has 3 heteroatoms. The molecule has 0 unspecified atom stereocenters. The highest BCUT2D eigenvalue weighted by molar-refractivity contribution is 5.76. The fourth-order valence-corrected chi connectivity index (χ4v) is 3.08. The van der Waals surface area contributed by atoms with Gasteiger partial charge in [-0.25, -0.2) is 0 Å². The highest BCUT2D eigenvalue weighted by atomic mass is 16.2. The molecule has 0 atom stereocenters. The van der Waals surface area contributed by atoms with Gasteiger partial charge in [0.1, 0.15) is 0 Å². The van der Waals surface area contributed by atoms with Crippen molar-refractivity contribution in [1.82, 2.24) is 4.90 Å². The second kappa shape index (κ2) is 7.96. The van der Waals surface area contributed by atoms with Gasteiger partial charge < -0.3 is 10.6 Å². The number of rotatable bonds is 5. The zero-order chi connectivity index (χ0) is 16.9. The minimum Gasteiger partial charge on any atom is -0.343 e. The summed E-state index contributed by atoms with van der Waals surface area (Å²) in [6.45, 7) is 8.39. The van der Waals surface area contributed by atoms with Crippen molar-refractivity contribution in [2.45, 2.75) is 70.8 Å². The number of carbonyl (C=O) groups excluding carboxylic acids is 1. The van der Waals surface area contributed by atoms with Crippen molar-refractivity contribution < 1.29 is 4.79 Å². The molecule has 0 spiro atoms. The van der Waals surface area contributed by atoms with Crippen LogP contribution in [-0.4, -0.2) is 29.9 Å². The summed E-state index contributed by atoms with van der Waals surface area (Å²) in [6.07, 6.45) is 5.69. The van der Waals surface area contributed by atoms with E-state index in [1.807, 2.05) is 4.90 Å².